The van der Waals surface area contributed by atoms with Gasteiger partial charge in [0.2, 0.25) is 0 Å². The van der Waals surface area contributed by atoms with Gasteiger partial charge in [0.05, 0.1) is 6.20 Å². The van der Waals surface area contributed by atoms with E-state index >= 15 is 0 Å². The van der Waals surface area contributed by atoms with Crippen molar-refractivity contribution in [2.24, 2.45) is 0 Å². The first kappa shape index (κ1) is 17.4. The van der Waals surface area contributed by atoms with Crippen LogP contribution < -0.4 is 0 Å². The van der Waals surface area contributed by atoms with Crippen LogP contribution in [0.5, 0.6) is 0 Å². The zero-order valence-electron chi connectivity index (χ0n) is 15.1. The Labute approximate surface area is 150 Å². The molecule has 0 fully saturated rings. The number of pyridine rings is 1. The molecule has 1 aromatic carbocycles. The van der Waals surface area contributed by atoms with Crippen LogP contribution in [0.1, 0.15) is 36.1 Å². The van der Waals surface area contributed by atoms with Gasteiger partial charge in [0.25, 0.3) is 0 Å². The minimum Gasteiger partial charge on any atom is -0.290 e. The molecular weight excluding hydrogens is 308 g/mol. The number of aryl methyl sites for hydroxylation is 2. The first-order valence-electron chi connectivity index (χ1n) is 8.97. The molecule has 4 heteroatoms. The first-order valence-corrected chi connectivity index (χ1v) is 8.97. The Kier molecular flexibility index (Phi) is 5.96. The molecule has 3 aromatic rings. The van der Waals surface area contributed by atoms with Crippen LogP contribution in [-0.2, 0) is 32.6 Å². The summed E-state index contributed by atoms with van der Waals surface area (Å²) in [6, 6.07) is 13.1. The number of rotatable bonds is 8. The van der Waals surface area contributed by atoms with E-state index in [2.05, 4.69) is 65.4 Å². The van der Waals surface area contributed by atoms with Crippen LogP contribution in [0.3, 0.4) is 0 Å². The topological polar surface area (TPSA) is 34.0 Å². The summed E-state index contributed by atoms with van der Waals surface area (Å²) in [5.74, 6) is 0. The predicted octanol–water partition coefficient (Wildman–Crippen LogP) is 4.06. The minimum absolute atomic E-state index is 0.876. The van der Waals surface area contributed by atoms with Gasteiger partial charge in [-0.25, -0.2) is 0 Å². The Morgan fingerprint density at radius 1 is 0.840 bits per heavy atom. The average Bonchev–Trinajstić information content (AvgIpc) is 3.11. The molecule has 0 aliphatic rings. The third-order valence-corrected chi connectivity index (χ3v) is 4.38. The zero-order chi connectivity index (χ0) is 17.5. The fraction of sp³-hybridized carbons (Fsp3) is 0.333. The second kappa shape index (κ2) is 8.58. The second-order valence-electron chi connectivity index (χ2n) is 6.38. The van der Waals surface area contributed by atoms with Crippen molar-refractivity contribution in [3.05, 3.63) is 83.4 Å². The summed E-state index contributed by atoms with van der Waals surface area (Å²) in [6.07, 6.45) is 8.96. The normalized spacial score (nSPS) is 11.2. The Bertz CT molecular complexity index is 762. The number of nitrogens with zero attached hydrogens (tertiary/aromatic N) is 4. The molecule has 2 aromatic heterocycles. The lowest BCUT2D eigenvalue weighted by Gasteiger charge is -2.22. The fourth-order valence-corrected chi connectivity index (χ4v) is 2.98. The first-order chi connectivity index (χ1) is 12.3. The second-order valence-corrected chi connectivity index (χ2v) is 6.38. The number of hydrogen-bond acceptors (Lipinski definition) is 3. The molecule has 2 heterocycles. The van der Waals surface area contributed by atoms with E-state index in [9.17, 15) is 0 Å². The summed E-state index contributed by atoms with van der Waals surface area (Å²) in [5, 5.41) is 4.40. The van der Waals surface area contributed by atoms with Crippen molar-refractivity contribution in [3.8, 4) is 0 Å². The average molecular weight is 334 g/mol. The molecule has 0 atom stereocenters. The highest BCUT2D eigenvalue weighted by Gasteiger charge is 2.10. The summed E-state index contributed by atoms with van der Waals surface area (Å²) in [7, 11) is 0. The van der Waals surface area contributed by atoms with Crippen LogP contribution >= 0.6 is 0 Å². The van der Waals surface area contributed by atoms with Crippen molar-refractivity contribution in [2.75, 3.05) is 0 Å². The maximum atomic E-state index is 4.40. The molecule has 0 N–H and O–H groups in total. The maximum Gasteiger partial charge on any atom is 0.0534 e. The molecule has 25 heavy (non-hydrogen) atoms. The van der Waals surface area contributed by atoms with Crippen molar-refractivity contribution >= 4 is 0 Å². The van der Waals surface area contributed by atoms with E-state index in [1.165, 1.54) is 22.3 Å². The molecule has 0 aliphatic heterocycles. The lowest BCUT2D eigenvalue weighted by atomic mass is 10.1. The summed E-state index contributed by atoms with van der Waals surface area (Å²) >= 11 is 0. The van der Waals surface area contributed by atoms with Gasteiger partial charge in [-0.05, 0) is 36.1 Å². The number of aromatic nitrogens is 3. The fourth-order valence-electron chi connectivity index (χ4n) is 2.98. The van der Waals surface area contributed by atoms with Crippen molar-refractivity contribution in [1.82, 2.24) is 19.7 Å². The molecule has 0 saturated carbocycles. The highest BCUT2D eigenvalue weighted by molar-refractivity contribution is 5.22. The quantitative estimate of drug-likeness (QED) is 0.623. The van der Waals surface area contributed by atoms with Crippen molar-refractivity contribution in [3.63, 3.8) is 0 Å². The number of hydrogen-bond donors (Lipinski definition) is 0. The molecule has 0 unspecified atom stereocenters. The van der Waals surface area contributed by atoms with E-state index < -0.39 is 0 Å². The standard InChI is InChI=1S/C21H26N4/c1-3-18-7-9-19(10-8-18)14-24(15-20-6-5-11-22-12-20)16-21-13-23-25(4-2)17-21/h5-13,17H,3-4,14-16H2,1-2H3. The van der Waals surface area contributed by atoms with Crippen LogP contribution in [0.4, 0.5) is 0 Å². The van der Waals surface area contributed by atoms with E-state index in [1.54, 1.807) is 0 Å². The molecule has 4 nitrogen and oxygen atoms in total. The molecule has 0 saturated heterocycles. The zero-order valence-corrected chi connectivity index (χ0v) is 15.1. The number of benzene rings is 1. The predicted molar refractivity (Wildman–Crippen MR) is 101 cm³/mol. The lowest BCUT2D eigenvalue weighted by Crippen LogP contribution is -2.22. The van der Waals surface area contributed by atoms with Crippen LogP contribution in [0.25, 0.3) is 0 Å². The molecule has 0 amide bonds. The largest absolute Gasteiger partial charge is 0.290 e. The van der Waals surface area contributed by atoms with Gasteiger partial charge in [-0.3, -0.25) is 14.6 Å². The van der Waals surface area contributed by atoms with Crippen LogP contribution in [0, 0.1) is 0 Å². The van der Waals surface area contributed by atoms with E-state index in [0.717, 1.165) is 32.6 Å². The monoisotopic (exact) mass is 334 g/mol. The van der Waals surface area contributed by atoms with E-state index in [1.807, 2.05) is 29.3 Å². The van der Waals surface area contributed by atoms with Crippen molar-refractivity contribution in [1.29, 1.82) is 0 Å². The van der Waals surface area contributed by atoms with Gasteiger partial charge < -0.3 is 0 Å². The van der Waals surface area contributed by atoms with Crippen LogP contribution in [-0.4, -0.2) is 19.7 Å². The highest BCUT2D eigenvalue weighted by atomic mass is 15.3. The molecule has 130 valence electrons. The molecule has 0 radical (unpaired) electrons. The molecular formula is C21H26N4. The third-order valence-electron chi connectivity index (χ3n) is 4.38. The Balaban J connectivity index is 1.74. The maximum absolute atomic E-state index is 4.40. The van der Waals surface area contributed by atoms with Gasteiger partial charge in [-0.15, -0.1) is 0 Å². The van der Waals surface area contributed by atoms with Gasteiger partial charge in [0.15, 0.2) is 0 Å². The van der Waals surface area contributed by atoms with E-state index in [-0.39, 0.29) is 0 Å². The Hall–Kier alpha value is -2.46. The summed E-state index contributed by atoms with van der Waals surface area (Å²) in [6.45, 7) is 7.87. The van der Waals surface area contributed by atoms with Crippen molar-refractivity contribution in [2.45, 2.75) is 46.4 Å². The van der Waals surface area contributed by atoms with E-state index in [0.29, 0.717) is 0 Å². The molecule has 3 rings (SSSR count). The van der Waals surface area contributed by atoms with E-state index in [4.69, 9.17) is 0 Å². The van der Waals surface area contributed by atoms with Gasteiger partial charge in [0.1, 0.15) is 0 Å². The summed E-state index contributed by atoms with van der Waals surface area (Å²) < 4.78 is 1.98. The third kappa shape index (κ3) is 5.00. The Morgan fingerprint density at radius 2 is 1.56 bits per heavy atom. The van der Waals surface area contributed by atoms with Gasteiger partial charge >= 0.3 is 0 Å². The molecule has 0 bridgehead atoms. The van der Waals surface area contributed by atoms with Gasteiger partial charge in [-0.1, -0.05) is 37.3 Å². The van der Waals surface area contributed by atoms with Gasteiger partial charge in [-0.2, -0.15) is 5.10 Å². The molecule has 0 aliphatic carbocycles. The lowest BCUT2D eigenvalue weighted by molar-refractivity contribution is 0.247. The SMILES string of the molecule is CCc1ccc(CN(Cc2cccnc2)Cc2cnn(CC)c2)cc1. The molecule has 0 spiro atoms. The van der Waals surface area contributed by atoms with Crippen LogP contribution in [0.2, 0.25) is 0 Å². The minimum atomic E-state index is 0.876. The smallest absolute Gasteiger partial charge is 0.0534 e. The summed E-state index contributed by atoms with van der Waals surface area (Å²) in [5.41, 5.74) is 5.20. The highest BCUT2D eigenvalue weighted by Crippen LogP contribution is 2.14. The van der Waals surface area contributed by atoms with Crippen LogP contribution in [0.15, 0.2) is 61.2 Å². The van der Waals surface area contributed by atoms with Gasteiger partial charge in [0, 0.05) is 50.3 Å². The Morgan fingerprint density at radius 3 is 2.20 bits per heavy atom. The summed E-state index contributed by atoms with van der Waals surface area (Å²) in [4.78, 5) is 6.69. The van der Waals surface area contributed by atoms with Crippen molar-refractivity contribution < 1.29 is 0 Å².